The van der Waals surface area contributed by atoms with Gasteiger partial charge in [0.25, 0.3) is 0 Å². The van der Waals surface area contributed by atoms with Crippen LogP contribution in [0.4, 0.5) is 16.2 Å². The van der Waals surface area contributed by atoms with Gasteiger partial charge in [0.2, 0.25) is 5.91 Å². The van der Waals surface area contributed by atoms with Gasteiger partial charge in [0.1, 0.15) is 0 Å². The molecule has 0 unspecified atom stereocenters. The lowest BCUT2D eigenvalue weighted by molar-refractivity contribution is -0.116. The molecule has 0 aliphatic rings. The second-order valence-electron chi connectivity index (χ2n) is 5.19. The predicted octanol–water partition coefficient (Wildman–Crippen LogP) is 3.36. The number of thiazole rings is 1. The zero-order valence-electron chi connectivity index (χ0n) is 12.8. The number of rotatable bonds is 5. The molecule has 7 heteroatoms. The molecule has 0 atom stereocenters. The lowest BCUT2D eigenvalue weighted by atomic mass is 10.2. The molecule has 0 saturated heterocycles. The van der Waals surface area contributed by atoms with E-state index in [2.05, 4.69) is 15.6 Å². The SMILES string of the molecule is NC(=O)Nc1ccc(NC(=O)CCc2nc3ccccc3s2)cc1. The van der Waals surface area contributed by atoms with E-state index in [1.165, 1.54) is 0 Å². The number of nitrogens with zero attached hydrogens (tertiary/aromatic N) is 1. The topological polar surface area (TPSA) is 97.1 Å². The number of carbonyl (C=O) groups excluding carboxylic acids is 2. The molecule has 6 nitrogen and oxygen atoms in total. The van der Waals surface area contributed by atoms with Gasteiger partial charge in [-0.2, -0.15) is 0 Å². The van der Waals surface area contributed by atoms with Gasteiger partial charge in [0.05, 0.1) is 15.2 Å². The minimum Gasteiger partial charge on any atom is -0.351 e. The van der Waals surface area contributed by atoms with Crippen LogP contribution in [0.5, 0.6) is 0 Å². The first kappa shape index (κ1) is 15.9. The maximum absolute atomic E-state index is 12.0. The molecular formula is C17H16N4O2S. The third-order valence-corrected chi connectivity index (χ3v) is 4.44. The van der Waals surface area contributed by atoms with Crippen molar-refractivity contribution in [2.24, 2.45) is 5.73 Å². The van der Waals surface area contributed by atoms with Crippen LogP contribution in [-0.2, 0) is 11.2 Å². The van der Waals surface area contributed by atoms with Gasteiger partial charge in [0.15, 0.2) is 0 Å². The number of nitrogens with two attached hydrogens (primary N) is 1. The van der Waals surface area contributed by atoms with Gasteiger partial charge in [-0.15, -0.1) is 11.3 Å². The number of primary amides is 1. The number of hydrogen-bond donors (Lipinski definition) is 3. The Kier molecular flexibility index (Phi) is 4.72. The number of amides is 3. The van der Waals surface area contributed by atoms with Gasteiger partial charge in [0, 0.05) is 24.2 Å². The highest BCUT2D eigenvalue weighted by molar-refractivity contribution is 7.18. The molecule has 3 amide bonds. The number of para-hydroxylation sites is 1. The third kappa shape index (κ3) is 4.08. The lowest BCUT2D eigenvalue weighted by Gasteiger charge is -2.06. The van der Waals surface area contributed by atoms with Gasteiger partial charge in [-0.3, -0.25) is 4.79 Å². The first-order chi connectivity index (χ1) is 11.6. The molecule has 0 fully saturated rings. The van der Waals surface area contributed by atoms with Crippen molar-refractivity contribution in [2.75, 3.05) is 10.6 Å². The fourth-order valence-corrected chi connectivity index (χ4v) is 3.22. The first-order valence-corrected chi connectivity index (χ1v) is 8.22. The predicted molar refractivity (Wildman–Crippen MR) is 96.2 cm³/mol. The van der Waals surface area contributed by atoms with Crippen LogP contribution in [0.15, 0.2) is 48.5 Å². The second-order valence-corrected chi connectivity index (χ2v) is 6.31. The van der Waals surface area contributed by atoms with Crippen molar-refractivity contribution in [3.05, 3.63) is 53.5 Å². The molecule has 1 aromatic heterocycles. The van der Waals surface area contributed by atoms with E-state index >= 15 is 0 Å². The highest BCUT2D eigenvalue weighted by atomic mass is 32.1. The average Bonchev–Trinajstić information content (AvgIpc) is 2.97. The maximum atomic E-state index is 12.0. The third-order valence-electron chi connectivity index (χ3n) is 3.34. The monoisotopic (exact) mass is 340 g/mol. The van der Waals surface area contributed by atoms with E-state index < -0.39 is 6.03 Å². The molecule has 1 heterocycles. The summed E-state index contributed by atoms with van der Waals surface area (Å²) < 4.78 is 1.13. The van der Waals surface area contributed by atoms with Crippen LogP contribution >= 0.6 is 11.3 Å². The Balaban J connectivity index is 1.54. The second kappa shape index (κ2) is 7.10. The minimum absolute atomic E-state index is 0.0788. The van der Waals surface area contributed by atoms with Gasteiger partial charge in [-0.05, 0) is 36.4 Å². The molecule has 3 aromatic rings. The molecule has 0 saturated carbocycles. The fraction of sp³-hybridized carbons (Fsp3) is 0.118. The number of nitrogens with one attached hydrogen (secondary N) is 2. The highest BCUT2D eigenvalue weighted by Crippen LogP contribution is 2.22. The largest absolute Gasteiger partial charge is 0.351 e. The fourth-order valence-electron chi connectivity index (χ4n) is 2.25. The number of fused-ring (bicyclic) bond motifs is 1. The molecule has 122 valence electrons. The van der Waals surface area contributed by atoms with E-state index in [9.17, 15) is 9.59 Å². The number of hydrogen-bond acceptors (Lipinski definition) is 4. The number of carbonyl (C=O) groups is 2. The van der Waals surface area contributed by atoms with Crippen molar-refractivity contribution >= 4 is 44.9 Å². The lowest BCUT2D eigenvalue weighted by Crippen LogP contribution is -2.19. The van der Waals surface area contributed by atoms with Crippen LogP contribution < -0.4 is 16.4 Å². The zero-order chi connectivity index (χ0) is 16.9. The number of aryl methyl sites for hydroxylation is 1. The summed E-state index contributed by atoms with van der Waals surface area (Å²) in [6.45, 7) is 0. The van der Waals surface area contributed by atoms with Crippen LogP contribution in [0.3, 0.4) is 0 Å². The summed E-state index contributed by atoms with van der Waals surface area (Å²) in [7, 11) is 0. The van der Waals surface area contributed by atoms with E-state index in [1.54, 1.807) is 35.6 Å². The van der Waals surface area contributed by atoms with E-state index in [0.717, 1.165) is 15.2 Å². The van der Waals surface area contributed by atoms with Crippen molar-refractivity contribution in [1.29, 1.82) is 0 Å². The summed E-state index contributed by atoms with van der Waals surface area (Å²) >= 11 is 1.61. The smallest absolute Gasteiger partial charge is 0.316 e. The molecule has 2 aromatic carbocycles. The van der Waals surface area contributed by atoms with Crippen molar-refractivity contribution < 1.29 is 9.59 Å². The van der Waals surface area contributed by atoms with E-state index in [1.807, 2.05) is 24.3 Å². The molecule has 4 N–H and O–H groups in total. The average molecular weight is 340 g/mol. The molecule has 0 radical (unpaired) electrons. The first-order valence-electron chi connectivity index (χ1n) is 7.41. The molecule has 0 spiro atoms. The van der Waals surface area contributed by atoms with Crippen LogP contribution in [0.25, 0.3) is 10.2 Å². The van der Waals surface area contributed by atoms with Crippen molar-refractivity contribution in [2.45, 2.75) is 12.8 Å². The molecule has 0 bridgehead atoms. The number of aromatic nitrogens is 1. The Hall–Kier alpha value is -2.93. The van der Waals surface area contributed by atoms with Gasteiger partial charge in [-0.25, -0.2) is 9.78 Å². The minimum atomic E-state index is -0.623. The van der Waals surface area contributed by atoms with Crippen LogP contribution in [0, 0.1) is 0 Å². The molecule has 24 heavy (non-hydrogen) atoms. The Morgan fingerprint density at radius 2 is 1.67 bits per heavy atom. The Bertz CT molecular complexity index is 841. The molecule has 3 rings (SSSR count). The van der Waals surface area contributed by atoms with E-state index in [0.29, 0.717) is 24.2 Å². The summed E-state index contributed by atoms with van der Waals surface area (Å²) in [5.74, 6) is -0.0788. The van der Waals surface area contributed by atoms with Crippen LogP contribution in [-0.4, -0.2) is 16.9 Å². The van der Waals surface area contributed by atoms with Gasteiger partial charge in [-0.1, -0.05) is 12.1 Å². The highest BCUT2D eigenvalue weighted by Gasteiger charge is 2.07. The van der Waals surface area contributed by atoms with E-state index in [-0.39, 0.29) is 5.91 Å². The van der Waals surface area contributed by atoms with Crippen LogP contribution in [0.2, 0.25) is 0 Å². The quantitative estimate of drug-likeness (QED) is 0.664. The van der Waals surface area contributed by atoms with Gasteiger partial charge >= 0.3 is 6.03 Å². The molecule has 0 aliphatic carbocycles. The number of anilines is 2. The summed E-state index contributed by atoms with van der Waals surface area (Å²) in [6.07, 6.45) is 0.966. The summed E-state index contributed by atoms with van der Waals surface area (Å²) in [5, 5.41) is 6.24. The summed E-state index contributed by atoms with van der Waals surface area (Å²) in [5.41, 5.74) is 7.25. The number of urea groups is 1. The standard InChI is InChI=1S/C17H16N4O2S/c18-17(23)20-12-7-5-11(6-8-12)19-15(22)9-10-16-21-13-3-1-2-4-14(13)24-16/h1-8H,9-10H2,(H,19,22)(H3,18,20,23). The van der Waals surface area contributed by atoms with Gasteiger partial charge < -0.3 is 16.4 Å². The molecular weight excluding hydrogens is 324 g/mol. The Labute approximate surface area is 142 Å². The van der Waals surface area contributed by atoms with Crippen molar-refractivity contribution in [3.8, 4) is 0 Å². The van der Waals surface area contributed by atoms with Crippen LogP contribution in [0.1, 0.15) is 11.4 Å². The Morgan fingerprint density at radius 1 is 1.00 bits per heavy atom. The number of benzene rings is 2. The normalized spacial score (nSPS) is 10.5. The summed E-state index contributed by atoms with van der Waals surface area (Å²) in [6, 6.07) is 14.1. The van der Waals surface area contributed by atoms with Crippen molar-refractivity contribution in [1.82, 2.24) is 4.98 Å². The summed E-state index contributed by atoms with van der Waals surface area (Å²) in [4.78, 5) is 27.3. The zero-order valence-corrected chi connectivity index (χ0v) is 13.6. The Morgan fingerprint density at radius 3 is 2.33 bits per heavy atom. The molecule has 0 aliphatic heterocycles. The van der Waals surface area contributed by atoms with Crippen molar-refractivity contribution in [3.63, 3.8) is 0 Å². The maximum Gasteiger partial charge on any atom is 0.316 e. The van der Waals surface area contributed by atoms with E-state index in [4.69, 9.17) is 5.73 Å².